The molecule has 3 aromatic rings. The molecule has 1 aromatic carbocycles. The Morgan fingerprint density at radius 3 is 2.75 bits per heavy atom. The minimum atomic E-state index is -0.223. The monoisotopic (exact) mass is 340 g/mol. The van der Waals surface area contributed by atoms with Crippen LogP contribution in [-0.4, -0.2) is 23.0 Å². The minimum absolute atomic E-state index is 0.223. The summed E-state index contributed by atoms with van der Waals surface area (Å²) in [6.07, 6.45) is 1.70. The van der Waals surface area contributed by atoms with Gasteiger partial charge in [-0.15, -0.1) is 11.3 Å². The molecule has 2 heterocycles. The van der Waals surface area contributed by atoms with Crippen LogP contribution in [0.25, 0.3) is 0 Å². The van der Waals surface area contributed by atoms with E-state index in [0.717, 1.165) is 17.1 Å². The van der Waals surface area contributed by atoms with Gasteiger partial charge in [0.1, 0.15) is 11.4 Å². The van der Waals surface area contributed by atoms with Gasteiger partial charge in [0.05, 0.1) is 19.3 Å². The van der Waals surface area contributed by atoms with Crippen LogP contribution >= 0.6 is 11.3 Å². The molecule has 2 N–H and O–H groups in total. The smallest absolute Gasteiger partial charge is 0.271 e. The highest BCUT2D eigenvalue weighted by Gasteiger charge is 2.11. The number of aromatic nitrogens is 2. The summed E-state index contributed by atoms with van der Waals surface area (Å²) < 4.78 is 5.12. The maximum Gasteiger partial charge on any atom is 0.271 e. The molecule has 0 unspecified atom stereocenters. The molecule has 24 heavy (non-hydrogen) atoms. The normalized spacial score (nSPS) is 10.2. The summed E-state index contributed by atoms with van der Waals surface area (Å²) in [5.41, 5.74) is 2.06. The Labute approximate surface area is 143 Å². The van der Waals surface area contributed by atoms with Gasteiger partial charge < -0.3 is 15.4 Å². The third kappa shape index (κ3) is 4.08. The van der Waals surface area contributed by atoms with E-state index in [-0.39, 0.29) is 5.91 Å². The number of amides is 1. The van der Waals surface area contributed by atoms with Gasteiger partial charge in [-0.1, -0.05) is 6.07 Å². The van der Waals surface area contributed by atoms with Crippen molar-refractivity contribution < 1.29 is 9.53 Å². The Kier molecular flexibility index (Phi) is 5.02. The van der Waals surface area contributed by atoms with E-state index in [1.807, 2.05) is 42.5 Å². The first-order chi connectivity index (χ1) is 11.7. The third-order valence-electron chi connectivity index (χ3n) is 3.23. The highest BCUT2D eigenvalue weighted by Crippen LogP contribution is 2.22. The van der Waals surface area contributed by atoms with Crippen molar-refractivity contribution >= 4 is 28.1 Å². The van der Waals surface area contributed by atoms with Crippen LogP contribution in [0.4, 0.5) is 10.8 Å². The van der Waals surface area contributed by atoms with Crippen LogP contribution in [0, 0.1) is 0 Å². The lowest BCUT2D eigenvalue weighted by Crippen LogP contribution is -2.23. The number of anilines is 2. The number of benzene rings is 1. The van der Waals surface area contributed by atoms with E-state index in [1.165, 1.54) is 11.3 Å². The van der Waals surface area contributed by atoms with E-state index in [1.54, 1.807) is 18.7 Å². The fourth-order valence-corrected chi connectivity index (χ4v) is 2.71. The van der Waals surface area contributed by atoms with Crippen LogP contribution in [0.2, 0.25) is 0 Å². The predicted molar refractivity (Wildman–Crippen MR) is 93.8 cm³/mol. The second kappa shape index (κ2) is 7.56. The summed E-state index contributed by atoms with van der Waals surface area (Å²) >= 11 is 1.37. The predicted octanol–water partition coefficient (Wildman–Crippen LogP) is 3.22. The third-order valence-corrected chi connectivity index (χ3v) is 3.99. The van der Waals surface area contributed by atoms with E-state index in [9.17, 15) is 4.79 Å². The van der Waals surface area contributed by atoms with Crippen molar-refractivity contribution in [2.24, 2.45) is 0 Å². The van der Waals surface area contributed by atoms with Gasteiger partial charge in [-0.2, -0.15) is 0 Å². The SMILES string of the molecule is COc1ccc(Nc2nc(C(=O)NCc3ccccn3)cs2)cc1. The molecule has 0 aliphatic heterocycles. The molecule has 1 amide bonds. The molecule has 0 saturated heterocycles. The summed E-state index contributed by atoms with van der Waals surface area (Å²) in [5.74, 6) is 0.564. The number of nitrogens with one attached hydrogen (secondary N) is 2. The topological polar surface area (TPSA) is 76.1 Å². The quantitative estimate of drug-likeness (QED) is 0.720. The lowest BCUT2D eigenvalue weighted by atomic mass is 10.3. The molecule has 7 heteroatoms. The molecule has 0 spiro atoms. The van der Waals surface area contributed by atoms with Crippen molar-refractivity contribution in [3.8, 4) is 5.75 Å². The van der Waals surface area contributed by atoms with E-state index in [4.69, 9.17) is 4.74 Å². The van der Waals surface area contributed by atoms with Crippen LogP contribution < -0.4 is 15.4 Å². The van der Waals surface area contributed by atoms with Gasteiger partial charge in [-0.25, -0.2) is 4.98 Å². The first kappa shape index (κ1) is 15.9. The zero-order valence-corrected chi connectivity index (χ0v) is 13.8. The fourth-order valence-electron chi connectivity index (χ4n) is 2.00. The van der Waals surface area contributed by atoms with Crippen molar-refractivity contribution in [1.29, 1.82) is 0 Å². The van der Waals surface area contributed by atoms with E-state index in [2.05, 4.69) is 20.6 Å². The standard InChI is InChI=1S/C17H16N4O2S/c1-23-14-7-5-12(6-8-14)20-17-21-15(11-24-17)16(22)19-10-13-4-2-3-9-18-13/h2-9,11H,10H2,1H3,(H,19,22)(H,20,21). The number of carbonyl (C=O) groups excluding carboxylic acids is 1. The molecule has 122 valence electrons. The van der Waals surface area contributed by atoms with E-state index in [0.29, 0.717) is 17.4 Å². The largest absolute Gasteiger partial charge is 0.497 e. The van der Waals surface area contributed by atoms with Crippen LogP contribution in [0.3, 0.4) is 0 Å². The Hall–Kier alpha value is -2.93. The maximum absolute atomic E-state index is 12.1. The van der Waals surface area contributed by atoms with Gasteiger partial charge in [0.2, 0.25) is 0 Å². The first-order valence-corrected chi connectivity index (χ1v) is 8.17. The zero-order valence-electron chi connectivity index (χ0n) is 13.0. The van der Waals surface area contributed by atoms with Crippen molar-refractivity contribution in [1.82, 2.24) is 15.3 Å². The number of hydrogen-bond acceptors (Lipinski definition) is 6. The number of carbonyl (C=O) groups is 1. The summed E-state index contributed by atoms with van der Waals surface area (Å²) in [4.78, 5) is 20.6. The molecule has 0 bridgehead atoms. The number of nitrogens with zero attached hydrogens (tertiary/aromatic N) is 2. The number of ether oxygens (including phenoxy) is 1. The second-order valence-electron chi connectivity index (χ2n) is 4.90. The molecule has 2 aromatic heterocycles. The van der Waals surface area contributed by atoms with Crippen molar-refractivity contribution in [3.63, 3.8) is 0 Å². The average molecular weight is 340 g/mol. The van der Waals surface area contributed by atoms with Gasteiger partial charge in [-0.05, 0) is 36.4 Å². The number of thiazole rings is 1. The summed E-state index contributed by atoms with van der Waals surface area (Å²) in [6, 6.07) is 13.1. The molecular weight excluding hydrogens is 324 g/mol. The van der Waals surface area contributed by atoms with Crippen LogP contribution in [0.5, 0.6) is 5.75 Å². The average Bonchev–Trinajstić information content (AvgIpc) is 3.10. The van der Waals surface area contributed by atoms with Gasteiger partial charge in [-0.3, -0.25) is 9.78 Å². The van der Waals surface area contributed by atoms with Crippen LogP contribution in [0.1, 0.15) is 16.2 Å². The molecule has 0 saturated carbocycles. The Morgan fingerprint density at radius 1 is 1.21 bits per heavy atom. The molecule has 0 aliphatic rings. The fraction of sp³-hybridized carbons (Fsp3) is 0.118. The van der Waals surface area contributed by atoms with Crippen molar-refractivity contribution in [2.75, 3.05) is 12.4 Å². The summed E-state index contributed by atoms with van der Waals surface area (Å²) in [7, 11) is 1.62. The van der Waals surface area contributed by atoms with Crippen LogP contribution in [-0.2, 0) is 6.54 Å². The van der Waals surface area contributed by atoms with Crippen molar-refractivity contribution in [2.45, 2.75) is 6.54 Å². The Morgan fingerprint density at radius 2 is 2.04 bits per heavy atom. The number of rotatable bonds is 6. The molecule has 6 nitrogen and oxygen atoms in total. The molecule has 0 fully saturated rings. The van der Waals surface area contributed by atoms with Gasteiger partial charge in [0, 0.05) is 17.3 Å². The summed E-state index contributed by atoms with van der Waals surface area (Å²) in [6.45, 7) is 0.373. The molecular formula is C17H16N4O2S. The van der Waals surface area contributed by atoms with Crippen LogP contribution in [0.15, 0.2) is 54.0 Å². The highest BCUT2D eigenvalue weighted by atomic mass is 32.1. The van der Waals surface area contributed by atoms with Gasteiger partial charge in [0.15, 0.2) is 5.13 Å². The summed E-state index contributed by atoms with van der Waals surface area (Å²) in [5, 5.41) is 8.35. The lowest BCUT2D eigenvalue weighted by molar-refractivity contribution is 0.0946. The van der Waals surface area contributed by atoms with Gasteiger partial charge in [0.25, 0.3) is 5.91 Å². The van der Waals surface area contributed by atoms with Crippen molar-refractivity contribution in [3.05, 3.63) is 65.4 Å². The lowest BCUT2D eigenvalue weighted by Gasteiger charge is -2.04. The zero-order chi connectivity index (χ0) is 16.8. The maximum atomic E-state index is 12.1. The van der Waals surface area contributed by atoms with E-state index >= 15 is 0 Å². The Bertz CT molecular complexity index is 803. The molecule has 3 rings (SSSR count). The highest BCUT2D eigenvalue weighted by molar-refractivity contribution is 7.14. The minimum Gasteiger partial charge on any atom is -0.497 e. The first-order valence-electron chi connectivity index (χ1n) is 7.29. The second-order valence-corrected chi connectivity index (χ2v) is 5.75. The van der Waals surface area contributed by atoms with E-state index < -0.39 is 0 Å². The number of methoxy groups -OCH3 is 1. The Balaban J connectivity index is 1.58. The molecule has 0 aliphatic carbocycles. The van der Waals surface area contributed by atoms with Gasteiger partial charge >= 0.3 is 0 Å². The molecule has 0 atom stereocenters. The number of pyridine rings is 1. The molecule has 0 radical (unpaired) electrons. The number of hydrogen-bond donors (Lipinski definition) is 2.